The zero-order chi connectivity index (χ0) is 15.0. The molecule has 112 valence electrons. The highest BCUT2D eigenvalue weighted by atomic mass is 19.4. The van der Waals surface area contributed by atoms with Gasteiger partial charge in [0, 0.05) is 18.1 Å². The first-order chi connectivity index (χ1) is 9.95. The molecule has 0 saturated carbocycles. The molecule has 1 aromatic heterocycles. The van der Waals surface area contributed by atoms with E-state index in [1.807, 2.05) is 0 Å². The largest absolute Gasteiger partial charge is 0.416 e. The molecule has 2 heterocycles. The highest BCUT2D eigenvalue weighted by molar-refractivity contribution is 5.59. The lowest BCUT2D eigenvalue weighted by atomic mass is 10.0. The molecule has 1 fully saturated rings. The van der Waals surface area contributed by atoms with Gasteiger partial charge in [0.25, 0.3) is 5.89 Å². The summed E-state index contributed by atoms with van der Waals surface area (Å²) in [5.41, 5.74) is 0.232. The monoisotopic (exact) mass is 298 g/mol. The van der Waals surface area contributed by atoms with Gasteiger partial charge in [-0.3, -0.25) is 0 Å². The average molecular weight is 298 g/mol. The number of nitrogens with zero attached hydrogens (tertiary/aromatic N) is 2. The number of hydrogen-bond acceptors (Lipinski definition) is 4. The molecule has 2 aromatic rings. The summed E-state index contributed by atoms with van der Waals surface area (Å²) in [4.78, 5) is 4.22. The van der Waals surface area contributed by atoms with Crippen LogP contribution in [0, 0.1) is 6.92 Å². The smallest absolute Gasteiger partial charge is 0.381 e. The zero-order valence-electron chi connectivity index (χ0n) is 11.3. The lowest BCUT2D eigenvalue weighted by molar-refractivity contribution is -0.137. The van der Waals surface area contributed by atoms with Gasteiger partial charge in [0.15, 0.2) is 5.82 Å². The van der Waals surface area contributed by atoms with Crippen LogP contribution in [-0.4, -0.2) is 23.4 Å². The van der Waals surface area contributed by atoms with E-state index >= 15 is 0 Å². The van der Waals surface area contributed by atoms with Crippen LogP contribution in [0.1, 0.15) is 29.3 Å². The van der Waals surface area contributed by atoms with E-state index in [0.29, 0.717) is 30.2 Å². The van der Waals surface area contributed by atoms with Crippen molar-refractivity contribution in [2.24, 2.45) is 0 Å². The van der Waals surface area contributed by atoms with Crippen molar-refractivity contribution in [3.63, 3.8) is 0 Å². The van der Waals surface area contributed by atoms with Crippen molar-refractivity contribution in [2.45, 2.75) is 25.4 Å². The second kappa shape index (κ2) is 5.14. The summed E-state index contributed by atoms with van der Waals surface area (Å²) in [5.74, 6) is 0.647. The maximum atomic E-state index is 12.8. The topological polar surface area (TPSA) is 48.2 Å². The van der Waals surface area contributed by atoms with Gasteiger partial charge >= 0.3 is 6.18 Å². The second-order valence-corrected chi connectivity index (χ2v) is 5.05. The molecule has 1 aliphatic rings. The summed E-state index contributed by atoms with van der Waals surface area (Å²) >= 11 is 0. The molecule has 0 bridgehead atoms. The van der Waals surface area contributed by atoms with Crippen molar-refractivity contribution >= 4 is 0 Å². The van der Waals surface area contributed by atoms with Gasteiger partial charge in [-0.25, -0.2) is 0 Å². The van der Waals surface area contributed by atoms with Gasteiger partial charge in [-0.1, -0.05) is 11.2 Å². The lowest BCUT2D eigenvalue weighted by Gasteiger charge is -2.08. The van der Waals surface area contributed by atoms with Crippen LogP contribution < -0.4 is 0 Å². The van der Waals surface area contributed by atoms with Crippen LogP contribution in [0.5, 0.6) is 0 Å². The third kappa shape index (κ3) is 2.78. The summed E-state index contributed by atoms with van der Waals surface area (Å²) in [6.45, 7) is 2.86. The van der Waals surface area contributed by atoms with Crippen molar-refractivity contribution in [3.05, 3.63) is 35.2 Å². The Balaban J connectivity index is 1.96. The van der Waals surface area contributed by atoms with E-state index in [-0.39, 0.29) is 11.8 Å². The average Bonchev–Trinajstić information content (AvgIpc) is 3.09. The SMILES string of the molecule is Cc1ccc(C(F)(F)F)cc1-c1nc([C@H]2CCOC2)no1. The third-order valence-electron chi connectivity index (χ3n) is 3.53. The number of hydrogen-bond donors (Lipinski definition) is 0. The summed E-state index contributed by atoms with van der Waals surface area (Å²) in [5, 5.41) is 3.86. The Labute approximate surface area is 118 Å². The van der Waals surface area contributed by atoms with Crippen LogP contribution >= 0.6 is 0 Å². The molecular weight excluding hydrogens is 285 g/mol. The van der Waals surface area contributed by atoms with Crippen LogP contribution in [-0.2, 0) is 10.9 Å². The molecule has 4 nitrogen and oxygen atoms in total. The first-order valence-electron chi connectivity index (χ1n) is 6.55. The van der Waals surface area contributed by atoms with Crippen molar-refractivity contribution < 1.29 is 22.4 Å². The van der Waals surface area contributed by atoms with Crippen LogP contribution in [0.4, 0.5) is 13.2 Å². The first kappa shape index (κ1) is 14.1. The van der Waals surface area contributed by atoms with Crippen molar-refractivity contribution in [3.8, 4) is 11.5 Å². The Morgan fingerprint density at radius 2 is 2.10 bits per heavy atom. The Bertz CT molecular complexity index is 646. The maximum Gasteiger partial charge on any atom is 0.416 e. The standard InChI is InChI=1S/C14H13F3N2O2/c1-8-2-3-10(14(15,16)17)6-11(8)13-18-12(19-21-13)9-4-5-20-7-9/h2-3,6,9H,4-5,7H2,1H3/t9-/m0/s1. The van der Waals surface area contributed by atoms with E-state index in [1.165, 1.54) is 6.07 Å². The van der Waals surface area contributed by atoms with Gasteiger partial charge in [0.05, 0.1) is 12.2 Å². The minimum atomic E-state index is -4.40. The molecule has 0 spiro atoms. The highest BCUT2D eigenvalue weighted by Crippen LogP contribution is 2.34. The van der Waals surface area contributed by atoms with Gasteiger partial charge in [0.1, 0.15) is 0 Å². The highest BCUT2D eigenvalue weighted by Gasteiger charge is 2.31. The zero-order valence-corrected chi connectivity index (χ0v) is 11.3. The quantitative estimate of drug-likeness (QED) is 0.850. The predicted molar refractivity (Wildman–Crippen MR) is 67.7 cm³/mol. The van der Waals surface area contributed by atoms with E-state index in [9.17, 15) is 13.2 Å². The molecule has 0 N–H and O–H groups in total. The minimum absolute atomic E-state index is 0.0496. The molecule has 0 aliphatic carbocycles. The molecule has 0 radical (unpaired) electrons. The van der Waals surface area contributed by atoms with E-state index in [0.717, 1.165) is 18.6 Å². The minimum Gasteiger partial charge on any atom is -0.381 e. The van der Waals surface area contributed by atoms with E-state index < -0.39 is 11.7 Å². The Morgan fingerprint density at radius 1 is 1.29 bits per heavy atom. The summed E-state index contributed by atoms with van der Waals surface area (Å²) in [6.07, 6.45) is -3.61. The number of ether oxygens (including phenoxy) is 1. The van der Waals surface area contributed by atoms with Crippen molar-refractivity contribution in [1.82, 2.24) is 10.1 Å². The summed E-state index contributed by atoms with van der Waals surface area (Å²) in [6, 6.07) is 3.49. The van der Waals surface area contributed by atoms with Crippen LogP contribution in [0.25, 0.3) is 11.5 Å². The van der Waals surface area contributed by atoms with E-state index in [4.69, 9.17) is 9.26 Å². The normalized spacial score (nSPS) is 19.1. The van der Waals surface area contributed by atoms with Gasteiger partial charge in [-0.15, -0.1) is 0 Å². The molecule has 0 unspecified atom stereocenters. The molecular formula is C14H13F3N2O2. The van der Waals surface area contributed by atoms with Crippen LogP contribution in [0.15, 0.2) is 22.7 Å². The maximum absolute atomic E-state index is 12.8. The molecule has 21 heavy (non-hydrogen) atoms. The molecule has 3 rings (SSSR count). The van der Waals surface area contributed by atoms with Crippen molar-refractivity contribution in [2.75, 3.05) is 13.2 Å². The Kier molecular flexibility index (Phi) is 3.44. The molecule has 7 heteroatoms. The van der Waals surface area contributed by atoms with E-state index in [2.05, 4.69) is 10.1 Å². The van der Waals surface area contributed by atoms with Crippen LogP contribution in [0.2, 0.25) is 0 Å². The molecule has 1 atom stereocenters. The van der Waals surface area contributed by atoms with Crippen molar-refractivity contribution in [1.29, 1.82) is 0 Å². The summed E-state index contributed by atoms with van der Waals surface area (Å²) in [7, 11) is 0. The number of benzene rings is 1. The fourth-order valence-electron chi connectivity index (χ4n) is 2.28. The number of rotatable bonds is 2. The van der Waals surface area contributed by atoms with Gasteiger partial charge in [-0.05, 0) is 31.0 Å². The van der Waals surface area contributed by atoms with Gasteiger partial charge in [0.2, 0.25) is 0 Å². The molecule has 1 saturated heterocycles. The molecule has 1 aliphatic heterocycles. The van der Waals surface area contributed by atoms with Crippen LogP contribution in [0.3, 0.4) is 0 Å². The summed E-state index contributed by atoms with van der Waals surface area (Å²) < 4.78 is 48.7. The number of alkyl halides is 3. The number of aromatic nitrogens is 2. The fourth-order valence-corrected chi connectivity index (χ4v) is 2.28. The first-order valence-corrected chi connectivity index (χ1v) is 6.55. The fraction of sp³-hybridized carbons (Fsp3) is 0.429. The Hall–Kier alpha value is -1.89. The predicted octanol–water partition coefficient (Wildman–Crippen LogP) is 3.57. The lowest BCUT2D eigenvalue weighted by Crippen LogP contribution is -2.05. The second-order valence-electron chi connectivity index (χ2n) is 5.05. The molecule has 0 amide bonds. The van der Waals surface area contributed by atoms with Gasteiger partial charge < -0.3 is 9.26 Å². The molecule has 1 aromatic carbocycles. The third-order valence-corrected chi connectivity index (χ3v) is 3.53. The van der Waals surface area contributed by atoms with Gasteiger partial charge in [-0.2, -0.15) is 18.2 Å². The van der Waals surface area contributed by atoms with E-state index in [1.54, 1.807) is 6.92 Å². The number of aryl methyl sites for hydroxylation is 1. The Morgan fingerprint density at radius 3 is 2.76 bits per heavy atom. The number of halogens is 3.